The van der Waals surface area contributed by atoms with Gasteiger partial charge in [-0.15, -0.1) is 0 Å². The molecule has 2 aromatic carbocycles. The summed E-state index contributed by atoms with van der Waals surface area (Å²) in [6.45, 7) is 10.8. The lowest BCUT2D eigenvalue weighted by Crippen LogP contribution is -2.57. The minimum atomic E-state index is -0.237. The first-order valence-corrected chi connectivity index (χ1v) is 9.30. The van der Waals surface area contributed by atoms with Crippen molar-refractivity contribution in [3.8, 4) is 0 Å². The van der Waals surface area contributed by atoms with Gasteiger partial charge in [-0.1, -0.05) is 69.3 Å². The van der Waals surface area contributed by atoms with E-state index in [1.54, 1.807) is 0 Å². The van der Waals surface area contributed by atoms with Crippen LogP contribution >= 0.6 is 0 Å². The highest BCUT2D eigenvalue weighted by atomic mass is 16.2. The normalized spacial score (nSPS) is 23.0. The minimum absolute atomic E-state index is 0.0356. The van der Waals surface area contributed by atoms with Gasteiger partial charge in [0.15, 0.2) is 0 Å². The lowest BCUT2D eigenvalue weighted by atomic mass is 9.65. The number of carbonyl (C=O) groups is 1. The Morgan fingerprint density at radius 2 is 1.64 bits per heavy atom. The fraction of sp³-hybridized carbons (Fsp3) is 0.435. The maximum Gasteiger partial charge on any atom is 0.230 e. The van der Waals surface area contributed by atoms with Gasteiger partial charge in [0.25, 0.3) is 0 Å². The molecule has 1 aliphatic rings. The fourth-order valence-corrected chi connectivity index (χ4v) is 4.38. The summed E-state index contributed by atoms with van der Waals surface area (Å²) in [7, 11) is 0. The molecule has 25 heavy (non-hydrogen) atoms. The van der Waals surface area contributed by atoms with Crippen molar-refractivity contribution in [3.63, 3.8) is 0 Å². The van der Waals surface area contributed by atoms with Crippen molar-refractivity contribution in [2.45, 2.75) is 58.4 Å². The van der Waals surface area contributed by atoms with E-state index in [0.29, 0.717) is 0 Å². The molecule has 2 nitrogen and oxygen atoms in total. The van der Waals surface area contributed by atoms with Gasteiger partial charge in [0.1, 0.15) is 0 Å². The second kappa shape index (κ2) is 6.33. The predicted molar refractivity (Wildman–Crippen MR) is 105 cm³/mol. The maximum absolute atomic E-state index is 13.2. The van der Waals surface area contributed by atoms with Gasteiger partial charge in [-0.05, 0) is 43.9 Å². The molecule has 2 atom stereocenters. The van der Waals surface area contributed by atoms with Crippen LogP contribution in [0.3, 0.4) is 0 Å². The van der Waals surface area contributed by atoms with Crippen LogP contribution in [0.15, 0.2) is 54.6 Å². The molecule has 0 radical (unpaired) electrons. The largest absolute Gasteiger partial charge is 0.306 e. The second-order valence-electron chi connectivity index (χ2n) is 8.19. The summed E-state index contributed by atoms with van der Waals surface area (Å²) in [5.41, 5.74) is 3.28. The van der Waals surface area contributed by atoms with E-state index in [0.717, 1.165) is 18.5 Å². The van der Waals surface area contributed by atoms with Gasteiger partial charge >= 0.3 is 0 Å². The Labute approximate surface area is 151 Å². The molecule has 2 aromatic rings. The highest BCUT2D eigenvalue weighted by molar-refractivity contribution is 5.98. The molecule has 0 unspecified atom stereocenters. The number of carbonyl (C=O) groups excluding carboxylic acids is 1. The van der Waals surface area contributed by atoms with Gasteiger partial charge in [0, 0.05) is 22.6 Å². The Kier molecular flexibility index (Phi) is 4.49. The van der Waals surface area contributed by atoms with Gasteiger partial charge in [-0.3, -0.25) is 4.79 Å². The topological polar surface area (TPSA) is 20.3 Å². The van der Waals surface area contributed by atoms with Crippen LogP contribution < -0.4 is 4.90 Å². The number of hydrogen-bond donors (Lipinski definition) is 0. The van der Waals surface area contributed by atoms with Crippen molar-refractivity contribution < 1.29 is 4.79 Å². The number of fused-ring (bicyclic) bond motifs is 1. The smallest absolute Gasteiger partial charge is 0.230 e. The number of amides is 1. The molecule has 0 bridgehead atoms. The van der Waals surface area contributed by atoms with Crippen LogP contribution in [0.2, 0.25) is 0 Å². The minimum Gasteiger partial charge on any atom is -0.306 e. The SMILES string of the molecule is CC[C@H](C)C(=O)N1c2ccccc2[C@](C)(c2ccccc2)CC1(C)C. The quantitative estimate of drug-likeness (QED) is 0.719. The first-order valence-electron chi connectivity index (χ1n) is 9.30. The molecule has 3 rings (SSSR count). The molecule has 0 saturated carbocycles. The third kappa shape index (κ3) is 2.88. The Morgan fingerprint density at radius 1 is 1.04 bits per heavy atom. The Morgan fingerprint density at radius 3 is 2.28 bits per heavy atom. The molecule has 1 aliphatic heterocycles. The van der Waals surface area contributed by atoms with Crippen LogP contribution in [0, 0.1) is 5.92 Å². The van der Waals surface area contributed by atoms with Gasteiger partial charge in [0.2, 0.25) is 5.91 Å². The summed E-state index contributed by atoms with van der Waals surface area (Å²) in [5.74, 6) is 0.267. The third-order valence-corrected chi connectivity index (χ3v) is 5.80. The molecule has 0 aromatic heterocycles. The van der Waals surface area contributed by atoms with Crippen LogP contribution in [-0.2, 0) is 10.2 Å². The van der Waals surface area contributed by atoms with E-state index in [1.807, 2.05) is 13.0 Å². The molecule has 0 fully saturated rings. The second-order valence-corrected chi connectivity index (χ2v) is 8.19. The molecule has 2 heteroatoms. The summed E-state index contributed by atoms with van der Waals surface area (Å²) in [5, 5.41) is 0. The van der Waals surface area contributed by atoms with E-state index >= 15 is 0 Å². The maximum atomic E-state index is 13.2. The number of benzene rings is 2. The first kappa shape index (κ1) is 17.7. The van der Waals surface area contributed by atoms with E-state index in [4.69, 9.17) is 0 Å². The summed E-state index contributed by atoms with van der Waals surface area (Å²) in [6.07, 6.45) is 1.77. The van der Waals surface area contributed by atoms with Crippen LogP contribution in [-0.4, -0.2) is 11.4 Å². The van der Waals surface area contributed by atoms with Crippen molar-refractivity contribution in [2.75, 3.05) is 4.90 Å². The predicted octanol–water partition coefficient (Wildman–Crippen LogP) is 5.55. The summed E-state index contributed by atoms with van der Waals surface area (Å²) < 4.78 is 0. The Balaban J connectivity index is 2.20. The average molecular weight is 335 g/mol. The van der Waals surface area contributed by atoms with Crippen molar-refractivity contribution in [2.24, 2.45) is 5.92 Å². The summed E-state index contributed by atoms with van der Waals surface area (Å²) in [6, 6.07) is 19.1. The zero-order chi connectivity index (χ0) is 18.2. The van der Waals surface area contributed by atoms with Crippen molar-refractivity contribution in [1.82, 2.24) is 0 Å². The first-order chi connectivity index (χ1) is 11.8. The van der Waals surface area contributed by atoms with E-state index in [-0.39, 0.29) is 22.8 Å². The number of para-hydroxylation sites is 1. The average Bonchev–Trinajstić information content (AvgIpc) is 2.61. The third-order valence-electron chi connectivity index (χ3n) is 5.80. The zero-order valence-corrected chi connectivity index (χ0v) is 16.0. The van der Waals surface area contributed by atoms with Crippen LogP contribution in [0.25, 0.3) is 0 Å². The van der Waals surface area contributed by atoms with Gasteiger partial charge in [0.05, 0.1) is 0 Å². The van der Waals surface area contributed by atoms with Crippen molar-refractivity contribution >= 4 is 11.6 Å². The highest BCUT2D eigenvalue weighted by Gasteiger charge is 2.47. The van der Waals surface area contributed by atoms with Crippen LogP contribution in [0.4, 0.5) is 5.69 Å². The van der Waals surface area contributed by atoms with Gasteiger partial charge < -0.3 is 4.90 Å². The number of rotatable bonds is 3. The molecule has 0 saturated heterocycles. The van der Waals surface area contributed by atoms with Crippen LogP contribution in [0.1, 0.15) is 58.6 Å². The van der Waals surface area contributed by atoms with E-state index in [9.17, 15) is 4.79 Å². The van der Waals surface area contributed by atoms with Gasteiger partial charge in [-0.25, -0.2) is 0 Å². The van der Waals surface area contributed by atoms with E-state index in [1.165, 1.54) is 11.1 Å². The lowest BCUT2D eigenvalue weighted by molar-refractivity contribution is -0.123. The molecule has 0 aliphatic carbocycles. The molecular formula is C23H29NO. The Hall–Kier alpha value is -2.09. The van der Waals surface area contributed by atoms with Crippen LogP contribution in [0.5, 0.6) is 0 Å². The van der Waals surface area contributed by atoms with E-state index < -0.39 is 0 Å². The van der Waals surface area contributed by atoms with Crippen molar-refractivity contribution in [1.29, 1.82) is 0 Å². The molecular weight excluding hydrogens is 306 g/mol. The number of anilines is 1. The molecule has 1 amide bonds. The van der Waals surface area contributed by atoms with Gasteiger partial charge in [-0.2, -0.15) is 0 Å². The molecule has 0 N–H and O–H groups in total. The number of nitrogens with zero attached hydrogens (tertiary/aromatic N) is 1. The van der Waals surface area contributed by atoms with Crippen molar-refractivity contribution in [3.05, 3.63) is 65.7 Å². The molecule has 132 valence electrons. The van der Waals surface area contributed by atoms with E-state index in [2.05, 4.69) is 81.1 Å². The lowest BCUT2D eigenvalue weighted by Gasteiger charge is -2.52. The Bertz CT molecular complexity index is 765. The monoisotopic (exact) mass is 335 g/mol. The zero-order valence-electron chi connectivity index (χ0n) is 16.0. The standard InChI is InChI=1S/C23H29NO/c1-6-17(2)21(25)24-20-15-11-10-14-19(20)23(5,16-22(24,3)4)18-12-8-7-9-13-18/h7-15,17H,6,16H2,1-5H3/t17-,23-/m0/s1. The summed E-state index contributed by atoms with van der Waals surface area (Å²) in [4.78, 5) is 15.2. The number of hydrogen-bond acceptors (Lipinski definition) is 1. The molecule has 1 heterocycles. The fourth-order valence-electron chi connectivity index (χ4n) is 4.38. The highest BCUT2D eigenvalue weighted by Crippen LogP contribution is 2.50. The summed E-state index contributed by atoms with van der Waals surface area (Å²) >= 11 is 0. The molecule has 0 spiro atoms.